The lowest BCUT2D eigenvalue weighted by Gasteiger charge is -2.08. The standard InChI is InChI=1S/C13H18N2O2/c1-9-14-11(8-12(15-9)13(16)17)7-6-10-4-2-3-5-10/h8,10H,2-7H2,1H3,(H,16,17). The quantitative estimate of drug-likeness (QED) is 0.869. The van der Waals surface area contributed by atoms with Crippen LogP contribution in [0.4, 0.5) is 0 Å². The van der Waals surface area contributed by atoms with E-state index in [0.29, 0.717) is 5.82 Å². The molecule has 2 rings (SSSR count). The average Bonchev–Trinajstić information content (AvgIpc) is 2.78. The maximum Gasteiger partial charge on any atom is 0.354 e. The van der Waals surface area contributed by atoms with Crippen molar-refractivity contribution in [1.29, 1.82) is 0 Å². The summed E-state index contributed by atoms with van der Waals surface area (Å²) in [5.41, 5.74) is 0.973. The van der Waals surface area contributed by atoms with Gasteiger partial charge in [-0.25, -0.2) is 14.8 Å². The van der Waals surface area contributed by atoms with Crippen molar-refractivity contribution >= 4 is 5.97 Å². The highest BCUT2D eigenvalue weighted by atomic mass is 16.4. The zero-order valence-corrected chi connectivity index (χ0v) is 10.1. The third-order valence-corrected chi connectivity index (χ3v) is 3.39. The van der Waals surface area contributed by atoms with Crippen molar-refractivity contribution in [2.45, 2.75) is 45.4 Å². The summed E-state index contributed by atoms with van der Waals surface area (Å²) < 4.78 is 0. The molecule has 1 fully saturated rings. The van der Waals surface area contributed by atoms with Gasteiger partial charge in [-0.05, 0) is 31.7 Å². The van der Waals surface area contributed by atoms with Crippen LogP contribution in [0.2, 0.25) is 0 Å². The minimum absolute atomic E-state index is 0.110. The van der Waals surface area contributed by atoms with Crippen LogP contribution in [0.5, 0.6) is 0 Å². The number of aromatic carboxylic acids is 1. The summed E-state index contributed by atoms with van der Waals surface area (Å²) in [6.07, 6.45) is 7.30. The smallest absolute Gasteiger partial charge is 0.354 e. The molecule has 0 spiro atoms. The van der Waals surface area contributed by atoms with Gasteiger partial charge in [0.25, 0.3) is 0 Å². The lowest BCUT2D eigenvalue weighted by molar-refractivity contribution is 0.0689. The normalized spacial score (nSPS) is 16.3. The molecule has 1 aliphatic carbocycles. The van der Waals surface area contributed by atoms with Gasteiger partial charge in [0, 0.05) is 5.69 Å². The van der Waals surface area contributed by atoms with E-state index in [9.17, 15) is 4.79 Å². The van der Waals surface area contributed by atoms with Crippen LogP contribution >= 0.6 is 0 Å². The summed E-state index contributed by atoms with van der Waals surface area (Å²) in [5.74, 6) is 0.377. The van der Waals surface area contributed by atoms with Crippen molar-refractivity contribution in [3.8, 4) is 0 Å². The lowest BCUT2D eigenvalue weighted by atomic mass is 10.0. The molecule has 0 aromatic carbocycles. The summed E-state index contributed by atoms with van der Waals surface area (Å²) in [5, 5.41) is 8.92. The molecule has 1 aromatic heterocycles. The van der Waals surface area contributed by atoms with Crippen LogP contribution in [0, 0.1) is 12.8 Å². The summed E-state index contributed by atoms with van der Waals surface area (Å²) in [4.78, 5) is 19.1. The Balaban J connectivity index is 2.01. The van der Waals surface area contributed by atoms with E-state index in [1.54, 1.807) is 13.0 Å². The van der Waals surface area contributed by atoms with Gasteiger partial charge in [-0.2, -0.15) is 0 Å². The molecule has 1 N–H and O–H groups in total. The van der Waals surface area contributed by atoms with E-state index in [1.165, 1.54) is 25.7 Å². The van der Waals surface area contributed by atoms with Gasteiger partial charge in [-0.15, -0.1) is 0 Å². The van der Waals surface area contributed by atoms with E-state index in [2.05, 4.69) is 9.97 Å². The van der Waals surface area contributed by atoms with Crippen LogP contribution in [0.1, 0.15) is 54.1 Å². The van der Waals surface area contributed by atoms with Crippen molar-refractivity contribution in [2.75, 3.05) is 0 Å². The Morgan fingerprint density at radius 3 is 2.76 bits per heavy atom. The second-order valence-electron chi connectivity index (χ2n) is 4.79. The third kappa shape index (κ3) is 3.25. The van der Waals surface area contributed by atoms with E-state index < -0.39 is 5.97 Å². The topological polar surface area (TPSA) is 63.1 Å². The first-order valence-corrected chi connectivity index (χ1v) is 6.23. The lowest BCUT2D eigenvalue weighted by Crippen LogP contribution is -2.07. The van der Waals surface area contributed by atoms with E-state index in [4.69, 9.17) is 5.11 Å². The van der Waals surface area contributed by atoms with E-state index in [0.717, 1.165) is 24.5 Å². The number of carboxylic acids is 1. The van der Waals surface area contributed by atoms with Gasteiger partial charge in [0.2, 0.25) is 0 Å². The molecule has 0 radical (unpaired) electrons. The van der Waals surface area contributed by atoms with Crippen molar-refractivity contribution in [2.24, 2.45) is 5.92 Å². The first kappa shape index (κ1) is 12.0. The number of aromatic nitrogens is 2. The van der Waals surface area contributed by atoms with Gasteiger partial charge >= 0.3 is 5.97 Å². The van der Waals surface area contributed by atoms with Gasteiger partial charge in [0.15, 0.2) is 5.69 Å². The Morgan fingerprint density at radius 2 is 2.12 bits per heavy atom. The first-order valence-electron chi connectivity index (χ1n) is 6.23. The molecule has 0 aliphatic heterocycles. The van der Waals surface area contributed by atoms with E-state index in [1.807, 2.05) is 0 Å². The molecule has 1 heterocycles. The van der Waals surface area contributed by atoms with E-state index in [-0.39, 0.29) is 5.69 Å². The summed E-state index contributed by atoms with van der Waals surface area (Å²) in [6, 6.07) is 1.60. The third-order valence-electron chi connectivity index (χ3n) is 3.39. The number of hydrogen-bond acceptors (Lipinski definition) is 3. The molecule has 4 heteroatoms. The number of rotatable bonds is 4. The van der Waals surface area contributed by atoms with Gasteiger partial charge in [0.05, 0.1) is 0 Å². The maximum atomic E-state index is 10.9. The fourth-order valence-electron chi connectivity index (χ4n) is 2.52. The van der Waals surface area contributed by atoms with Crippen LogP contribution < -0.4 is 0 Å². The predicted octanol–water partition coefficient (Wildman–Crippen LogP) is 2.61. The molecular formula is C13H18N2O2. The Bertz CT molecular complexity index is 412. The molecule has 0 amide bonds. The van der Waals surface area contributed by atoms with Crippen molar-refractivity contribution in [1.82, 2.24) is 9.97 Å². The van der Waals surface area contributed by atoms with Crippen LogP contribution in [0.3, 0.4) is 0 Å². The predicted molar refractivity (Wildman–Crippen MR) is 64.0 cm³/mol. The van der Waals surface area contributed by atoms with Crippen molar-refractivity contribution in [3.63, 3.8) is 0 Å². The minimum Gasteiger partial charge on any atom is -0.477 e. The number of carbonyl (C=O) groups is 1. The molecular weight excluding hydrogens is 216 g/mol. The molecule has 1 aromatic rings. The molecule has 4 nitrogen and oxygen atoms in total. The SMILES string of the molecule is Cc1nc(CCC2CCCC2)cc(C(=O)O)n1. The van der Waals surface area contributed by atoms with Gasteiger partial charge < -0.3 is 5.11 Å². The maximum absolute atomic E-state index is 10.9. The molecule has 1 aliphatic rings. The molecule has 0 atom stereocenters. The van der Waals surface area contributed by atoms with Crippen LogP contribution in [0.15, 0.2) is 6.07 Å². The Hall–Kier alpha value is -1.45. The number of nitrogens with zero attached hydrogens (tertiary/aromatic N) is 2. The summed E-state index contributed by atoms with van der Waals surface area (Å²) in [6.45, 7) is 1.74. The molecule has 0 unspecified atom stereocenters. The minimum atomic E-state index is -0.974. The zero-order valence-electron chi connectivity index (χ0n) is 10.1. The summed E-state index contributed by atoms with van der Waals surface area (Å²) >= 11 is 0. The van der Waals surface area contributed by atoms with Gasteiger partial charge in [-0.1, -0.05) is 25.7 Å². The summed E-state index contributed by atoms with van der Waals surface area (Å²) in [7, 11) is 0. The number of carboxylic acid groups (broad SMARTS) is 1. The highest BCUT2D eigenvalue weighted by molar-refractivity contribution is 5.85. The van der Waals surface area contributed by atoms with Crippen LogP contribution in [-0.4, -0.2) is 21.0 Å². The Kier molecular flexibility index (Phi) is 3.71. The number of aryl methyl sites for hydroxylation is 2. The molecule has 0 bridgehead atoms. The highest BCUT2D eigenvalue weighted by Crippen LogP contribution is 2.28. The average molecular weight is 234 g/mol. The second kappa shape index (κ2) is 5.25. The van der Waals surface area contributed by atoms with E-state index >= 15 is 0 Å². The van der Waals surface area contributed by atoms with Crippen molar-refractivity contribution in [3.05, 3.63) is 23.3 Å². The Labute approximate surface area is 101 Å². The largest absolute Gasteiger partial charge is 0.477 e. The van der Waals surface area contributed by atoms with Gasteiger partial charge in [0.1, 0.15) is 5.82 Å². The van der Waals surface area contributed by atoms with Crippen LogP contribution in [-0.2, 0) is 6.42 Å². The van der Waals surface area contributed by atoms with Gasteiger partial charge in [-0.3, -0.25) is 0 Å². The molecule has 1 saturated carbocycles. The van der Waals surface area contributed by atoms with Crippen LogP contribution in [0.25, 0.3) is 0 Å². The Morgan fingerprint density at radius 1 is 1.41 bits per heavy atom. The number of hydrogen-bond donors (Lipinski definition) is 1. The molecule has 92 valence electrons. The zero-order chi connectivity index (χ0) is 12.3. The molecule has 0 saturated heterocycles. The molecule has 17 heavy (non-hydrogen) atoms. The fraction of sp³-hybridized carbons (Fsp3) is 0.615. The highest BCUT2D eigenvalue weighted by Gasteiger charge is 2.15. The first-order chi connectivity index (χ1) is 8.15. The van der Waals surface area contributed by atoms with Crippen molar-refractivity contribution < 1.29 is 9.90 Å². The second-order valence-corrected chi connectivity index (χ2v) is 4.79. The fourth-order valence-corrected chi connectivity index (χ4v) is 2.52. The monoisotopic (exact) mass is 234 g/mol.